The van der Waals surface area contributed by atoms with Crippen molar-refractivity contribution in [3.8, 4) is 5.75 Å². The molecule has 0 radical (unpaired) electrons. The second-order valence-corrected chi connectivity index (χ2v) is 6.21. The second kappa shape index (κ2) is 6.93. The van der Waals surface area contributed by atoms with Gasteiger partial charge in [0.05, 0.1) is 11.6 Å². The third kappa shape index (κ3) is 3.96. The fraction of sp³-hybridized carbons (Fsp3) is 0.263. The predicted molar refractivity (Wildman–Crippen MR) is 93.2 cm³/mol. The number of hydrogen-bond acceptors (Lipinski definition) is 3. The molecular formula is C19H19FN2O3. The zero-order chi connectivity index (χ0) is 18.0. The molecule has 0 fully saturated rings. The van der Waals surface area contributed by atoms with E-state index in [2.05, 4.69) is 10.6 Å². The van der Waals surface area contributed by atoms with Crippen molar-refractivity contribution >= 4 is 23.2 Å². The summed E-state index contributed by atoms with van der Waals surface area (Å²) in [6, 6.07) is 9.97. The van der Waals surface area contributed by atoms with Gasteiger partial charge >= 0.3 is 0 Å². The maximum absolute atomic E-state index is 13.6. The smallest absolute Gasteiger partial charge is 0.231 e. The first kappa shape index (κ1) is 17.0. The Bertz CT molecular complexity index is 835. The topological polar surface area (TPSA) is 67.4 Å². The van der Waals surface area contributed by atoms with Crippen LogP contribution in [0.1, 0.15) is 17.5 Å². The summed E-state index contributed by atoms with van der Waals surface area (Å²) in [5.41, 5.74) is 2.48. The maximum atomic E-state index is 13.6. The molecule has 0 spiro atoms. The number of anilines is 2. The molecule has 1 heterocycles. The first-order chi connectivity index (χ1) is 11.9. The van der Waals surface area contributed by atoms with Crippen LogP contribution in [-0.2, 0) is 9.59 Å². The van der Waals surface area contributed by atoms with E-state index in [0.29, 0.717) is 22.7 Å². The highest BCUT2D eigenvalue weighted by molar-refractivity contribution is 5.99. The molecule has 2 aromatic carbocycles. The van der Waals surface area contributed by atoms with Crippen LogP contribution in [0.2, 0.25) is 0 Å². The number of benzene rings is 2. The lowest BCUT2D eigenvalue weighted by molar-refractivity contribution is -0.125. The number of aryl methyl sites for hydroxylation is 2. The van der Waals surface area contributed by atoms with Gasteiger partial charge in [-0.1, -0.05) is 12.1 Å². The van der Waals surface area contributed by atoms with Crippen LogP contribution in [0.15, 0.2) is 36.4 Å². The van der Waals surface area contributed by atoms with E-state index in [1.54, 1.807) is 25.1 Å². The van der Waals surface area contributed by atoms with Gasteiger partial charge in [-0.3, -0.25) is 9.59 Å². The van der Waals surface area contributed by atoms with E-state index in [1.165, 1.54) is 6.07 Å². The Morgan fingerprint density at radius 3 is 2.84 bits per heavy atom. The minimum absolute atomic E-state index is 0.0473. The molecule has 0 aliphatic carbocycles. The molecule has 25 heavy (non-hydrogen) atoms. The van der Waals surface area contributed by atoms with Crippen molar-refractivity contribution in [1.29, 1.82) is 0 Å². The average Bonchev–Trinajstić information content (AvgIpc) is 2.70. The molecule has 0 saturated carbocycles. The van der Waals surface area contributed by atoms with Crippen LogP contribution in [0.5, 0.6) is 5.75 Å². The van der Waals surface area contributed by atoms with Crippen molar-refractivity contribution < 1.29 is 18.7 Å². The Hall–Kier alpha value is -2.89. The Balaban J connectivity index is 1.65. The van der Waals surface area contributed by atoms with E-state index in [4.69, 9.17) is 4.74 Å². The summed E-state index contributed by atoms with van der Waals surface area (Å²) in [4.78, 5) is 24.5. The SMILES string of the molecule is Cc1ccc2c(c1)OCC(CC(=O)Nc1ccc(C)c(F)c1)C(=O)N2. The number of carbonyl (C=O) groups is 2. The minimum atomic E-state index is -0.622. The molecule has 2 N–H and O–H groups in total. The second-order valence-electron chi connectivity index (χ2n) is 6.21. The van der Waals surface area contributed by atoms with Gasteiger partial charge in [0.1, 0.15) is 18.2 Å². The highest BCUT2D eigenvalue weighted by Crippen LogP contribution is 2.29. The van der Waals surface area contributed by atoms with E-state index in [1.807, 2.05) is 19.1 Å². The summed E-state index contributed by atoms with van der Waals surface area (Å²) in [7, 11) is 0. The van der Waals surface area contributed by atoms with Gasteiger partial charge in [-0.2, -0.15) is 0 Å². The molecule has 3 rings (SSSR count). The largest absolute Gasteiger partial charge is 0.491 e. The van der Waals surface area contributed by atoms with Crippen molar-refractivity contribution in [1.82, 2.24) is 0 Å². The molecular weight excluding hydrogens is 323 g/mol. The number of nitrogens with one attached hydrogen (secondary N) is 2. The Morgan fingerprint density at radius 1 is 1.28 bits per heavy atom. The van der Waals surface area contributed by atoms with Gasteiger partial charge in [-0.15, -0.1) is 0 Å². The first-order valence-corrected chi connectivity index (χ1v) is 8.02. The van der Waals surface area contributed by atoms with Crippen molar-refractivity contribution in [2.24, 2.45) is 5.92 Å². The summed E-state index contributed by atoms with van der Waals surface area (Å²) in [5, 5.41) is 5.40. The molecule has 5 nitrogen and oxygen atoms in total. The number of amides is 2. The molecule has 1 aliphatic heterocycles. The van der Waals surface area contributed by atoms with Gasteiger partial charge < -0.3 is 15.4 Å². The predicted octanol–water partition coefficient (Wildman–Crippen LogP) is 3.42. The molecule has 0 bridgehead atoms. The molecule has 6 heteroatoms. The Kier molecular flexibility index (Phi) is 4.70. The summed E-state index contributed by atoms with van der Waals surface area (Å²) in [6.45, 7) is 3.69. The van der Waals surface area contributed by atoms with Crippen molar-refractivity contribution in [3.05, 3.63) is 53.3 Å². The molecule has 0 aromatic heterocycles. The van der Waals surface area contributed by atoms with E-state index < -0.39 is 5.92 Å². The van der Waals surface area contributed by atoms with E-state index >= 15 is 0 Å². The fourth-order valence-electron chi connectivity index (χ4n) is 2.61. The lowest BCUT2D eigenvalue weighted by Crippen LogP contribution is -2.29. The Morgan fingerprint density at radius 2 is 2.08 bits per heavy atom. The van der Waals surface area contributed by atoms with Crippen LogP contribution < -0.4 is 15.4 Å². The van der Waals surface area contributed by atoms with Crippen LogP contribution in [0.4, 0.5) is 15.8 Å². The fourth-order valence-corrected chi connectivity index (χ4v) is 2.61. The minimum Gasteiger partial charge on any atom is -0.491 e. The molecule has 0 saturated heterocycles. The maximum Gasteiger partial charge on any atom is 0.231 e. The third-order valence-corrected chi connectivity index (χ3v) is 4.09. The normalized spacial score (nSPS) is 16.3. The van der Waals surface area contributed by atoms with E-state index in [-0.39, 0.29) is 30.7 Å². The van der Waals surface area contributed by atoms with Crippen LogP contribution in [0, 0.1) is 25.6 Å². The number of halogens is 1. The van der Waals surface area contributed by atoms with Gasteiger partial charge in [-0.05, 0) is 49.2 Å². The third-order valence-electron chi connectivity index (χ3n) is 4.09. The highest BCUT2D eigenvalue weighted by Gasteiger charge is 2.27. The lowest BCUT2D eigenvalue weighted by atomic mass is 10.1. The first-order valence-electron chi connectivity index (χ1n) is 8.02. The number of carbonyl (C=O) groups excluding carboxylic acids is 2. The van der Waals surface area contributed by atoms with Crippen molar-refractivity contribution in [2.75, 3.05) is 17.2 Å². The van der Waals surface area contributed by atoms with Gasteiger partial charge in [0.2, 0.25) is 11.8 Å². The molecule has 1 aliphatic rings. The van der Waals surface area contributed by atoms with Crippen molar-refractivity contribution in [2.45, 2.75) is 20.3 Å². The lowest BCUT2D eigenvalue weighted by Gasteiger charge is -2.13. The number of fused-ring (bicyclic) bond motifs is 1. The molecule has 2 amide bonds. The van der Waals surface area contributed by atoms with Crippen molar-refractivity contribution in [3.63, 3.8) is 0 Å². The molecule has 130 valence electrons. The number of ether oxygens (including phenoxy) is 1. The summed E-state index contributed by atoms with van der Waals surface area (Å²) >= 11 is 0. The van der Waals surface area contributed by atoms with E-state index in [0.717, 1.165) is 5.56 Å². The van der Waals surface area contributed by atoms with Crippen LogP contribution in [-0.4, -0.2) is 18.4 Å². The summed E-state index contributed by atoms with van der Waals surface area (Å²) in [6.07, 6.45) is -0.0473. The Labute approximate surface area is 145 Å². The van der Waals surface area contributed by atoms with E-state index in [9.17, 15) is 14.0 Å². The standard InChI is InChI=1S/C19H19FN2O3/c1-11-3-6-16-17(7-11)25-10-13(19(24)22-16)8-18(23)21-14-5-4-12(2)15(20)9-14/h3-7,9,13H,8,10H2,1-2H3,(H,21,23)(H,22,24). The highest BCUT2D eigenvalue weighted by atomic mass is 19.1. The van der Waals surface area contributed by atoms with Gasteiger partial charge in [0.15, 0.2) is 0 Å². The average molecular weight is 342 g/mol. The zero-order valence-electron chi connectivity index (χ0n) is 14.1. The summed E-state index contributed by atoms with van der Waals surface area (Å²) in [5.74, 6) is -1.05. The molecule has 1 atom stereocenters. The molecule has 2 aromatic rings. The quantitative estimate of drug-likeness (QED) is 0.898. The van der Waals surface area contributed by atoms with Gasteiger partial charge in [0.25, 0.3) is 0 Å². The van der Waals surface area contributed by atoms with Gasteiger partial charge in [-0.25, -0.2) is 4.39 Å². The van der Waals surface area contributed by atoms with Crippen LogP contribution in [0.3, 0.4) is 0 Å². The van der Waals surface area contributed by atoms with Crippen LogP contribution in [0.25, 0.3) is 0 Å². The number of rotatable bonds is 3. The zero-order valence-corrected chi connectivity index (χ0v) is 14.1. The number of hydrogen-bond donors (Lipinski definition) is 2. The molecule has 1 unspecified atom stereocenters. The summed E-state index contributed by atoms with van der Waals surface area (Å²) < 4.78 is 19.2. The van der Waals surface area contributed by atoms with Gasteiger partial charge in [0, 0.05) is 12.1 Å². The monoisotopic (exact) mass is 342 g/mol. The van der Waals surface area contributed by atoms with Crippen LogP contribution >= 0.6 is 0 Å².